The van der Waals surface area contributed by atoms with Crippen LogP contribution in [0.1, 0.15) is 32.8 Å². The fourth-order valence-corrected chi connectivity index (χ4v) is 3.48. The zero-order valence-electron chi connectivity index (χ0n) is 12.3. The molecular formula is C14H23FN2O2S. The van der Waals surface area contributed by atoms with E-state index in [0.717, 1.165) is 18.5 Å². The third-order valence-electron chi connectivity index (χ3n) is 3.08. The highest BCUT2D eigenvalue weighted by molar-refractivity contribution is 7.89. The molecule has 0 aliphatic heterocycles. The van der Waals surface area contributed by atoms with Crippen LogP contribution in [0.15, 0.2) is 23.1 Å². The molecule has 1 aromatic carbocycles. The summed E-state index contributed by atoms with van der Waals surface area (Å²) in [4.78, 5) is -0.250. The Morgan fingerprint density at radius 2 is 1.85 bits per heavy atom. The smallest absolute Gasteiger partial charge is 0.245 e. The molecule has 0 heterocycles. The molecule has 0 spiro atoms. The quantitative estimate of drug-likeness (QED) is 0.750. The van der Waals surface area contributed by atoms with Gasteiger partial charge in [0.25, 0.3) is 0 Å². The van der Waals surface area contributed by atoms with Crippen LogP contribution in [0.2, 0.25) is 0 Å². The molecular weight excluding hydrogens is 279 g/mol. The normalized spacial score (nSPS) is 12.1. The Morgan fingerprint density at radius 1 is 1.20 bits per heavy atom. The van der Waals surface area contributed by atoms with E-state index in [1.54, 1.807) is 19.9 Å². The molecule has 6 heteroatoms. The number of nitrogens with zero attached hydrogens (tertiary/aromatic N) is 1. The molecule has 114 valence electrons. The Balaban J connectivity index is 2.98. The first-order valence-corrected chi connectivity index (χ1v) is 8.40. The van der Waals surface area contributed by atoms with E-state index in [1.165, 1.54) is 16.4 Å². The number of hydrogen-bond donors (Lipinski definition) is 1. The maximum absolute atomic E-state index is 14.1. The van der Waals surface area contributed by atoms with E-state index < -0.39 is 15.8 Å². The summed E-state index contributed by atoms with van der Waals surface area (Å²) in [7, 11) is -3.74. The Hall–Kier alpha value is -0.980. The van der Waals surface area contributed by atoms with E-state index >= 15 is 0 Å². The van der Waals surface area contributed by atoms with Crippen LogP contribution < -0.4 is 5.32 Å². The van der Waals surface area contributed by atoms with E-state index in [0.29, 0.717) is 19.6 Å². The van der Waals surface area contributed by atoms with Gasteiger partial charge in [-0.25, -0.2) is 12.8 Å². The minimum atomic E-state index is -3.74. The molecule has 0 radical (unpaired) electrons. The third-order valence-corrected chi connectivity index (χ3v) is 5.16. The molecule has 0 saturated carbocycles. The van der Waals surface area contributed by atoms with Crippen LogP contribution in [0.4, 0.5) is 4.39 Å². The van der Waals surface area contributed by atoms with Gasteiger partial charge in [-0.15, -0.1) is 0 Å². The van der Waals surface area contributed by atoms with Crippen LogP contribution in [0, 0.1) is 5.82 Å². The lowest BCUT2D eigenvalue weighted by Crippen LogP contribution is -2.31. The molecule has 0 aliphatic carbocycles. The molecule has 0 aliphatic rings. The third kappa shape index (κ3) is 4.01. The first-order chi connectivity index (χ1) is 9.47. The topological polar surface area (TPSA) is 49.4 Å². The van der Waals surface area contributed by atoms with Gasteiger partial charge in [-0.3, -0.25) is 0 Å². The minimum Gasteiger partial charge on any atom is -0.313 e. The van der Waals surface area contributed by atoms with Gasteiger partial charge in [-0.05, 0) is 30.7 Å². The van der Waals surface area contributed by atoms with Gasteiger partial charge in [-0.1, -0.05) is 26.8 Å². The number of sulfonamides is 1. The van der Waals surface area contributed by atoms with Crippen molar-refractivity contribution in [3.05, 3.63) is 29.6 Å². The van der Waals surface area contributed by atoms with Crippen molar-refractivity contribution in [2.24, 2.45) is 0 Å². The Bertz CT molecular complexity index is 528. The monoisotopic (exact) mass is 302 g/mol. The second-order valence-corrected chi connectivity index (χ2v) is 6.44. The molecule has 0 saturated heterocycles. The molecule has 0 unspecified atom stereocenters. The second-order valence-electron chi connectivity index (χ2n) is 4.53. The molecule has 1 rings (SSSR count). The number of hydrogen-bond acceptors (Lipinski definition) is 3. The predicted molar refractivity (Wildman–Crippen MR) is 78.5 cm³/mol. The Morgan fingerprint density at radius 3 is 2.35 bits per heavy atom. The molecule has 0 amide bonds. The van der Waals surface area contributed by atoms with Gasteiger partial charge in [-0.2, -0.15) is 4.31 Å². The maximum Gasteiger partial charge on any atom is 0.245 e. The number of benzene rings is 1. The van der Waals surface area contributed by atoms with Crippen LogP contribution in [-0.2, 0) is 16.6 Å². The van der Waals surface area contributed by atoms with E-state index in [2.05, 4.69) is 5.32 Å². The van der Waals surface area contributed by atoms with Gasteiger partial charge in [0.1, 0.15) is 10.7 Å². The van der Waals surface area contributed by atoms with Crippen molar-refractivity contribution in [2.45, 2.75) is 38.6 Å². The summed E-state index contributed by atoms with van der Waals surface area (Å²) in [6, 6.07) is 4.30. The van der Waals surface area contributed by atoms with Gasteiger partial charge in [0.2, 0.25) is 10.0 Å². The van der Waals surface area contributed by atoms with Crippen molar-refractivity contribution in [3.8, 4) is 0 Å². The Labute approximate surface area is 121 Å². The summed E-state index contributed by atoms with van der Waals surface area (Å²) in [5.41, 5.74) is 0.745. The van der Waals surface area contributed by atoms with Crippen molar-refractivity contribution in [3.63, 3.8) is 0 Å². The zero-order valence-corrected chi connectivity index (χ0v) is 13.1. The average molecular weight is 302 g/mol. The van der Waals surface area contributed by atoms with Crippen molar-refractivity contribution in [2.75, 3.05) is 19.6 Å². The highest BCUT2D eigenvalue weighted by Crippen LogP contribution is 2.20. The predicted octanol–water partition coefficient (Wildman–Crippen LogP) is 2.36. The number of rotatable bonds is 8. The lowest BCUT2D eigenvalue weighted by atomic mass is 10.2. The van der Waals surface area contributed by atoms with Crippen LogP contribution in [0.5, 0.6) is 0 Å². The van der Waals surface area contributed by atoms with Crippen molar-refractivity contribution in [1.29, 1.82) is 0 Å². The van der Waals surface area contributed by atoms with Crippen LogP contribution in [0.25, 0.3) is 0 Å². The van der Waals surface area contributed by atoms with E-state index in [-0.39, 0.29) is 4.90 Å². The Kier molecular flexibility index (Phi) is 6.58. The van der Waals surface area contributed by atoms with Gasteiger partial charge in [0.05, 0.1) is 0 Å². The first-order valence-electron chi connectivity index (χ1n) is 6.96. The summed E-state index contributed by atoms with van der Waals surface area (Å²) in [6.45, 7) is 7.57. The molecule has 0 atom stereocenters. The standard InChI is InChI=1S/C14H23FN2O2S/c1-4-9-16-11-12-7-8-14(13(15)10-12)20(18,19)17(5-2)6-3/h7-8,10,16H,4-6,9,11H2,1-3H3. The van der Waals surface area contributed by atoms with E-state index in [1.807, 2.05) is 6.92 Å². The van der Waals surface area contributed by atoms with Crippen LogP contribution in [0.3, 0.4) is 0 Å². The second kappa shape index (κ2) is 7.71. The van der Waals surface area contributed by atoms with Gasteiger partial charge in [0, 0.05) is 19.6 Å². The number of nitrogens with one attached hydrogen (secondary N) is 1. The molecule has 0 aromatic heterocycles. The summed E-state index contributed by atoms with van der Waals surface area (Å²) in [5.74, 6) is -0.687. The molecule has 1 aromatic rings. The highest BCUT2D eigenvalue weighted by Gasteiger charge is 2.25. The van der Waals surface area contributed by atoms with E-state index in [9.17, 15) is 12.8 Å². The maximum atomic E-state index is 14.1. The fourth-order valence-electron chi connectivity index (χ4n) is 1.98. The van der Waals surface area contributed by atoms with Crippen molar-refractivity contribution >= 4 is 10.0 Å². The molecule has 4 nitrogen and oxygen atoms in total. The highest BCUT2D eigenvalue weighted by atomic mass is 32.2. The summed E-state index contributed by atoms with van der Waals surface area (Å²) >= 11 is 0. The summed E-state index contributed by atoms with van der Waals surface area (Å²) in [6.07, 6.45) is 0.997. The number of halogens is 1. The lowest BCUT2D eigenvalue weighted by Gasteiger charge is -2.19. The summed E-state index contributed by atoms with van der Waals surface area (Å²) < 4.78 is 39.8. The van der Waals surface area contributed by atoms with Crippen molar-refractivity contribution < 1.29 is 12.8 Å². The lowest BCUT2D eigenvalue weighted by molar-refractivity contribution is 0.440. The SMILES string of the molecule is CCCNCc1ccc(S(=O)(=O)N(CC)CC)c(F)c1. The molecule has 0 fully saturated rings. The van der Waals surface area contributed by atoms with Gasteiger partial charge >= 0.3 is 0 Å². The van der Waals surface area contributed by atoms with Gasteiger partial charge < -0.3 is 5.32 Å². The average Bonchev–Trinajstić information content (AvgIpc) is 2.40. The minimum absolute atomic E-state index is 0.250. The van der Waals surface area contributed by atoms with Crippen molar-refractivity contribution in [1.82, 2.24) is 9.62 Å². The molecule has 20 heavy (non-hydrogen) atoms. The van der Waals surface area contributed by atoms with Crippen LogP contribution in [-0.4, -0.2) is 32.4 Å². The summed E-state index contributed by atoms with van der Waals surface area (Å²) in [5, 5.41) is 3.16. The van der Waals surface area contributed by atoms with Gasteiger partial charge in [0.15, 0.2) is 0 Å². The molecule has 1 N–H and O–H groups in total. The largest absolute Gasteiger partial charge is 0.313 e. The molecule has 0 bridgehead atoms. The fraction of sp³-hybridized carbons (Fsp3) is 0.571. The van der Waals surface area contributed by atoms with Crippen LogP contribution >= 0.6 is 0 Å². The zero-order chi connectivity index (χ0) is 15.2. The first kappa shape index (κ1) is 17.1. The van der Waals surface area contributed by atoms with E-state index in [4.69, 9.17) is 0 Å².